The maximum Gasteiger partial charge on any atom is 0.324 e. The largest absolute Gasteiger partial charge is 0.493 e. The van der Waals surface area contributed by atoms with Crippen LogP contribution in [-0.2, 0) is 6.54 Å². The highest BCUT2D eigenvalue weighted by Gasteiger charge is 2.28. The molecule has 2 amide bonds. The Balaban J connectivity index is 1.31. The molecule has 3 aromatic rings. The molecule has 168 valence electrons. The number of nitrogens with zero attached hydrogens (tertiary/aromatic N) is 3. The zero-order chi connectivity index (χ0) is 21.9. The number of aromatic amines is 1. The molecule has 0 bridgehead atoms. The van der Waals surface area contributed by atoms with Crippen molar-refractivity contribution in [2.75, 3.05) is 31.7 Å². The number of carbonyl (C=O) groups is 1. The van der Waals surface area contributed by atoms with Crippen molar-refractivity contribution in [3.63, 3.8) is 0 Å². The number of rotatable bonds is 8. The van der Waals surface area contributed by atoms with Crippen LogP contribution in [-0.4, -0.2) is 47.7 Å². The van der Waals surface area contributed by atoms with Crippen LogP contribution in [0.5, 0.6) is 11.5 Å². The molecule has 1 saturated heterocycles. The Morgan fingerprint density at radius 3 is 2.84 bits per heavy atom. The second-order valence-corrected chi connectivity index (χ2v) is 8.69. The fourth-order valence-corrected chi connectivity index (χ4v) is 4.59. The van der Waals surface area contributed by atoms with Gasteiger partial charge < -0.3 is 19.4 Å². The fourth-order valence-electron chi connectivity index (χ4n) is 4.59. The molecule has 32 heavy (non-hydrogen) atoms. The van der Waals surface area contributed by atoms with Gasteiger partial charge >= 0.3 is 6.03 Å². The minimum Gasteiger partial charge on any atom is -0.493 e. The number of hydrogen-bond donors (Lipinski definition) is 1. The Morgan fingerprint density at radius 2 is 2.03 bits per heavy atom. The van der Waals surface area contributed by atoms with E-state index in [-0.39, 0.29) is 6.03 Å². The number of hydrogen-bond acceptors (Lipinski definition) is 4. The first-order chi connectivity index (χ1) is 15.7. The normalized spacial score (nSPS) is 17.0. The van der Waals surface area contributed by atoms with E-state index < -0.39 is 0 Å². The van der Waals surface area contributed by atoms with Gasteiger partial charge in [-0.05, 0) is 48.6 Å². The van der Waals surface area contributed by atoms with Gasteiger partial charge in [-0.3, -0.25) is 4.90 Å². The van der Waals surface area contributed by atoms with Crippen LogP contribution in [0.25, 0.3) is 11.0 Å². The first-order valence-electron chi connectivity index (χ1n) is 11.5. The molecule has 1 saturated carbocycles. The van der Waals surface area contributed by atoms with Gasteiger partial charge in [0.25, 0.3) is 0 Å². The third-order valence-corrected chi connectivity index (χ3v) is 6.69. The molecule has 2 aromatic heterocycles. The predicted molar refractivity (Wildman–Crippen MR) is 124 cm³/mol. The van der Waals surface area contributed by atoms with E-state index in [1.54, 1.807) is 13.3 Å². The van der Waals surface area contributed by atoms with Crippen LogP contribution >= 0.6 is 0 Å². The second kappa shape index (κ2) is 9.10. The Morgan fingerprint density at radius 1 is 1.12 bits per heavy atom. The summed E-state index contributed by atoms with van der Waals surface area (Å²) < 4.78 is 11.6. The molecule has 5 rings (SSSR count). The molecule has 7 nitrogen and oxygen atoms in total. The third kappa shape index (κ3) is 4.11. The molecule has 2 aliphatic rings. The number of ether oxygens (including phenoxy) is 2. The van der Waals surface area contributed by atoms with E-state index in [0.29, 0.717) is 31.2 Å². The number of fused-ring (bicyclic) bond motifs is 1. The minimum atomic E-state index is 0.0160. The molecule has 1 aliphatic heterocycles. The maximum atomic E-state index is 13.4. The highest BCUT2D eigenvalue weighted by molar-refractivity contribution is 5.93. The number of carbonyl (C=O) groups excluding carboxylic acids is 1. The summed E-state index contributed by atoms with van der Waals surface area (Å²) in [4.78, 5) is 24.6. The van der Waals surface area contributed by atoms with Crippen molar-refractivity contribution in [2.45, 2.75) is 38.6 Å². The summed E-state index contributed by atoms with van der Waals surface area (Å²) in [6.45, 7) is 2.68. The molecular weight excluding hydrogens is 404 g/mol. The average Bonchev–Trinajstić information content (AvgIpc) is 3.27. The van der Waals surface area contributed by atoms with E-state index in [4.69, 9.17) is 9.47 Å². The Bertz CT molecular complexity index is 1090. The highest BCUT2D eigenvalue weighted by atomic mass is 16.5. The van der Waals surface area contributed by atoms with Crippen molar-refractivity contribution in [1.29, 1.82) is 0 Å². The quantitative estimate of drug-likeness (QED) is 0.543. The first-order valence-corrected chi connectivity index (χ1v) is 11.5. The van der Waals surface area contributed by atoms with Crippen LogP contribution in [0.2, 0.25) is 0 Å². The van der Waals surface area contributed by atoms with E-state index >= 15 is 0 Å². The van der Waals surface area contributed by atoms with E-state index in [0.717, 1.165) is 47.6 Å². The van der Waals surface area contributed by atoms with Crippen LogP contribution in [0.3, 0.4) is 0 Å². The lowest BCUT2D eigenvalue weighted by Gasteiger charge is -2.36. The molecule has 1 N–H and O–H groups in total. The zero-order valence-electron chi connectivity index (χ0n) is 18.5. The molecule has 2 fully saturated rings. The van der Waals surface area contributed by atoms with Crippen LogP contribution < -0.4 is 14.4 Å². The average molecular weight is 435 g/mol. The second-order valence-electron chi connectivity index (χ2n) is 8.69. The van der Waals surface area contributed by atoms with Gasteiger partial charge in [-0.2, -0.15) is 0 Å². The molecule has 7 heteroatoms. The Hall–Kier alpha value is -3.22. The number of amides is 2. The minimum absolute atomic E-state index is 0.0160. The zero-order valence-corrected chi connectivity index (χ0v) is 18.5. The highest BCUT2D eigenvalue weighted by Crippen LogP contribution is 2.35. The molecule has 0 unspecified atom stereocenters. The number of anilines is 1. The summed E-state index contributed by atoms with van der Waals surface area (Å²) in [5, 5.41) is 1.06. The summed E-state index contributed by atoms with van der Waals surface area (Å²) in [7, 11) is 1.65. The Labute approximate surface area is 188 Å². The SMILES string of the molecule is COc1ccc(N2CCCN(Cc3ccnc4[nH]ccc34)C2=O)cc1OCCC1CCC1. The summed E-state index contributed by atoms with van der Waals surface area (Å²) in [5.74, 6) is 2.20. The van der Waals surface area contributed by atoms with E-state index in [9.17, 15) is 4.79 Å². The topological polar surface area (TPSA) is 70.7 Å². The van der Waals surface area contributed by atoms with Crippen molar-refractivity contribution < 1.29 is 14.3 Å². The van der Waals surface area contributed by atoms with Crippen molar-refractivity contribution in [3.05, 3.63) is 48.3 Å². The monoisotopic (exact) mass is 434 g/mol. The summed E-state index contributed by atoms with van der Waals surface area (Å²) >= 11 is 0. The van der Waals surface area contributed by atoms with Gasteiger partial charge in [0.15, 0.2) is 11.5 Å². The number of H-pyrrole nitrogens is 1. The number of pyridine rings is 1. The maximum absolute atomic E-state index is 13.4. The van der Waals surface area contributed by atoms with Gasteiger partial charge in [-0.15, -0.1) is 0 Å². The van der Waals surface area contributed by atoms with E-state index in [2.05, 4.69) is 9.97 Å². The van der Waals surface area contributed by atoms with Crippen molar-refractivity contribution >= 4 is 22.8 Å². The van der Waals surface area contributed by atoms with Crippen molar-refractivity contribution in [3.8, 4) is 11.5 Å². The molecule has 0 atom stereocenters. The third-order valence-electron chi connectivity index (χ3n) is 6.69. The lowest BCUT2D eigenvalue weighted by atomic mass is 9.83. The number of benzene rings is 1. The van der Waals surface area contributed by atoms with Gasteiger partial charge in [-0.25, -0.2) is 9.78 Å². The molecule has 1 aliphatic carbocycles. The van der Waals surface area contributed by atoms with E-state index in [1.807, 2.05) is 46.3 Å². The molecule has 1 aromatic carbocycles. The summed E-state index contributed by atoms with van der Waals surface area (Å²) in [5.41, 5.74) is 2.80. The van der Waals surface area contributed by atoms with Gasteiger partial charge in [0.1, 0.15) is 5.65 Å². The predicted octanol–water partition coefficient (Wildman–Crippen LogP) is 4.97. The Kier molecular flexibility index (Phi) is 5.88. The van der Waals surface area contributed by atoms with Gasteiger partial charge in [0, 0.05) is 49.2 Å². The molecule has 0 radical (unpaired) electrons. The molecule has 0 spiro atoms. The van der Waals surface area contributed by atoms with E-state index in [1.165, 1.54) is 19.3 Å². The van der Waals surface area contributed by atoms with Crippen LogP contribution in [0.15, 0.2) is 42.7 Å². The van der Waals surface area contributed by atoms with Gasteiger partial charge in [0.2, 0.25) is 0 Å². The lowest BCUT2D eigenvalue weighted by molar-refractivity contribution is 0.192. The van der Waals surface area contributed by atoms with Crippen molar-refractivity contribution in [1.82, 2.24) is 14.9 Å². The smallest absolute Gasteiger partial charge is 0.324 e. The summed E-state index contributed by atoms with van der Waals surface area (Å²) in [6.07, 6.45) is 9.62. The first kappa shape index (κ1) is 20.7. The standard InChI is InChI=1S/C25H30N4O3/c1-31-22-7-6-20(16-23(22)32-15-10-18-4-2-5-18)29-14-3-13-28(25(29)30)17-19-8-11-26-24-21(19)9-12-27-24/h6-9,11-12,16,18H,2-5,10,13-15,17H2,1H3,(H,26,27). The number of urea groups is 1. The lowest BCUT2D eigenvalue weighted by Crippen LogP contribution is -2.49. The number of nitrogens with one attached hydrogen (secondary N) is 1. The van der Waals surface area contributed by atoms with Gasteiger partial charge in [0.05, 0.1) is 13.7 Å². The van der Waals surface area contributed by atoms with Crippen LogP contribution in [0.1, 0.15) is 37.7 Å². The van der Waals surface area contributed by atoms with Crippen LogP contribution in [0, 0.1) is 5.92 Å². The van der Waals surface area contributed by atoms with Crippen LogP contribution in [0.4, 0.5) is 10.5 Å². The fraction of sp³-hybridized carbons (Fsp3) is 0.440. The van der Waals surface area contributed by atoms with Crippen molar-refractivity contribution in [2.24, 2.45) is 5.92 Å². The summed E-state index contributed by atoms with van der Waals surface area (Å²) in [6, 6.07) is 9.80. The number of methoxy groups -OCH3 is 1. The van der Waals surface area contributed by atoms with Gasteiger partial charge in [-0.1, -0.05) is 19.3 Å². The number of aromatic nitrogens is 2. The molecular formula is C25H30N4O3. The molecule has 3 heterocycles.